The third kappa shape index (κ3) is 4.64. The molecule has 0 radical (unpaired) electrons. The van der Waals surface area contributed by atoms with Crippen LogP contribution in [0.4, 0.5) is 5.69 Å². The van der Waals surface area contributed by atoms with Crippen molar-refractivity contribution in [2.45, 2.75) is 6.42 Å². The molecule has 0 unspecified atom stereocenters. The number of carbonyl (C=O) groups excluding carboxylic acids is 1. The fourth-order valence-electron chi connectivity index (χ4n) is 1.48. The number of nitrogens with one attached hydrogen (secondary N) is 1. The quantitative estimate of drug-likeness (QED) is 0.346. The monoisotopic (exact) mass is 298 g/mol. The lowest BCUT2D eigenvalue weighted by Crippen LogP contribution is -2.28. The number of carbonyl (C=O) groups is 1. The molecule has 6 nitrogen and oxygen atoms in total. The predicted molar refractivity (Wildman–Crippen MR) is 76.1 cm³/mol. The summed E-state index contributed by atoms with van der Waals surface area (Å²) in [6.45, 7) is 4.67. The molecule has 0 heterocycles. The number of para-hydroxylation sites is 1. The highest BCUT2D eigenvalue weighted by Crippen LogP contribution is 2.27. The Morgan fingerprint density at radius 3 is 2.90 bits per heavy atom. The van der Waals surface area contributed by atoms with Crippen molar-refractivity contribution in [3.63, 3.8) is 0 Å². The van der Waals surface area contributed by atoms with Crippen molar-refractivity contribution in [1.82, 2.24) is 5.32 Å². The van der Waals surface area contributed by atoms with Crippen molar-refractivity contribution in [1.29, 1.82) is 0 Å². The average molecular weight is 299 g/mol. The second-order valence-electron chi connectivity index (χ2n) is 3.84. The first-order valence-corrected chi connectivity index (χ1v) is 6.35. The molecule has 0 saturated heterocycles. The number of rotatable bonds is 8. The van der Waals surface area contributed by atoms with Crippen molar-refractivity contribution in [2.75, 3.05) is 19.8 Å². The van der Waals surface area contributed by atoms with Gasteiger partial charge in [-0.15, -0.1) is 6.58 Å². The van der Waals surface area contributed by atoms with Gasteiger partial charge >= 0.3 is 5.69 Å². The molecule has 20 heavy (non-hydrogen) atoms. The number of ether oxygens (including phenoxy) is 1. The van der Waals surface area contributed by atoms with Crippen molar-refractivity contribution in [3.05, 3.63) is 51.6 Å². The Kier molecular flexibility index (Phi) is 6.69. The first-order valence-electron chi connectivity index (χ1n) is 5.97. The fourth-order valence-corrected chi connectivity index (χ4v) is 1.73. The molecule has 1 amide bonds. The minimum absolute atomic E-state index is 0.0615. The normalized spacial score (nSPS) is 10.1. The second-order valence-corrected chi connectivity index (χ2v) is 4.25. The number of halogens is 1. The number of nitrogens with zero attached hydrogens (tertiary/aromatic N) is 1. The van der Waals surface area contributed by atoms with Crippen LogP contribution in [-0.4, -0.2) is 30.6 Å². The van der Waals surface area contributed by atoms with Gasteiger partial charge in [-0.3, -0.25) is 14.9 Å². The van der Waals surface area contributed by atoms with Gasteiger partial charge in [0.15, 0.2) is 0 Å². The Bertz CT molecular complexity index is 505. The van der Waals surface area contributed by atoms with Gasteiger partial charge in [-0.1, -0.05) is 23.7 Å². The van der Waals surface area contributed by atoms with E-state index >= 15 is 0 Å². The standard InChI is InChI=1S/C13H15ClN2O4/c1-2-3-8-20-9-7-15-13(17)10-5-4-6-11(14)12(10)16(18)19/h2,4-6H,1,3,7-9H2,(H,15,17). The Morgan fingerprint density at radius 2 is 2.25 bits per heavy atom. The molecule has 0 aliphatic rings. The molecule has 1 rings (SSSR count). The van der Waals surface area contributed by atoms with Gasteiger partial charge in [-0.05, 0) is 18.6 Å². The summed E-state index contributed by atoms with van der Waals surface area (Å²) in [5.41, 5.74) is -0.451. The Morgan fingerprint density at radius 1 is 1.50 bits per heavy atom. The van der Waals surface area contributed by atoms with Crippen molar-refractivity contribution in [3.8, 4) is 0 Å². The fraction of sp³-hybridized carbons (Fsp3) is 0.308. The van der Waals surface area contributed by atoms with E-state index in [0.717, 1.165) is 6.42 Å². The smallest absolute Gasteiger partial charge is 0.300 e. The molecule has 0 bridgehead atoms. The van der Waals surface area contributed by atoms with Gasteiger partial charge in [-0.2, -0.15) is 0 Å². The molecule has 0 aromatic heterocycles. The Hall–Kier alpha value is -1.92. The van der Waals surface area contributed by atoms with Gasteiger partial charge in [-0.25, -0.2) is 0 Å². The molecule has 1 aromatic rings. The van der Waals surface area contributed by atoms with Crippen LogP contribution < -0.4 is 5.32 Å². The minimum atomic E-state index is -0.669. The summed E-state index contributed by atoms with van der Waals surface area (Å²) >= 11 is 5.73. The molecule has 1 aromatic carbocycles. The second kappa shape index (κ2) is 8.29. The molecule has 1 N–H and O–H groups in total. The molecule has 0 aliphatic carbocycles. The third-order valence-electron chi connectivity index (χ3n) is 2.41. The Labute approximate surface area is 121 Å². The molecule has 0 saturated carbocycles. The van der Waals surface area contributed by atoms with Gasteiger partial charge < -0.3 is 10.1 Å². The highest BCUT2D eigenvalue weighted by molar-refractivity contribution is 6.33. The van der Waals surface area contributed by atoms with Gasteiger partial charge in [0.25, 0.3) is 5.91 Å². The van der Waals surface area contributed by atoms with Crippen LogP contribution in [0.1, 0.15) is 16.8 Å². The summed E-state index contributed by atoms with van der Waals surface area (Å²) in [5, 5.41) is 13.4. The summed E-state index contributed by atoms with van der Waals surface area (Å²) in [7, 11) is 0. The summed E-state index contributed by atoms with van der Waals surface area (Å²) in [5.74, 6) is -0.550. The van der Waals surface area contributed by atoms with Crippen molar-refractivity contribution < 1.29 is 14.5 Å². The lowest BCUT2D eigenvalue weighted by Gasteiger charge is -2.07. The molecule has 108 valence electrons. The topological polar surface area (TPSA) is 81.5 Å². The van der Waals surface area contributed by atoms with E-state index in [4.69, 9.17) is 16.3 Å². The average Bonchev–Trinajstić information content (AvgIpc) is 2.41. The SMILES string of the molecule is C=CCCOCCNC(=O)c1cccc(Cl)c1[N+](=O)[O-]. The van der Waals surface area contributed by atoms with Gasteiger partial charge in [0.2, 0.25) is 0 Å². The van der Waals surface area contributed by atoms with Crippen molar-refractivity contribution in [2.24, 2.45) is 0 Å². The molecular formula is C13H15ClN2O4. The van der Waals surface area contributed by atoms with E-state index in [1.165, 1.54) is 18.2 Å². The number of nitro benzene ring substituents is 1. The number of hydrogen-bond acceptors (Lipinski definition) is 4. The zero-order chi connectivity index (χ0) is 15.0. The van der Waals surface area contributed by atoms with Crippen LogP contribution >= 0.6 is 11.6 Å². The summed E-state index contributed by atoms with van der Waals surface area (Å²) in [6, 6.07) is 4.22. The summed E-state index contributed by atoms with van der Waals surface area (Å²) < 4.78 is 5.22. The first-order chi connectivity index (χ1) is 9.57. The van der Waals surface area contributed by atoms with Crippen molar-refractivity contribution >= 4 is 23.2 Å². The molecule has 0 atom stereocenters. The van der Waals surface area contributed by atoms with Crippen LogP contribution in [0.15, 0.2) is 30.9 Å². The van der Waals surface area contributed by atoms with Crippen LogP contribution in [0.25, 0.3) is 0 Å². The molecular weight excluding hydrogens is 284 g/mol. The number of amides is 1. The first kappa shape index (κ1) is 16.1. The number of hydrogen-bond donors (Lipinski definition) is 1. The summed E-state index contributed by atoms with van der Waals surface area (Å²) in [4.78, 5) is 22.1. The molecule has 0 aliphatic heterocycles. The number of nitro groups is 1. The molecule has 7 heteroatoms. The summed E-state index contributed by atoms with van der Waals surface area (Å²) in [6.07, 6.45) is 2.46. The van der Waals surface area contributed by atoms with E-state index in [1.54, 1.807) is 6.08 Å². The van der Waals surface area contributed by atoms with Crippen LogP contribution in [0.5, 0.6) is 0 Å². The largest absolute Gasteiger partial charge is 0.379 e. The van der Waals surface area contributed by atoms with E-state index in [-0.39, 0.29) is 22.8 Å². The molecule has 0 spiro atoms. The zero-order valence-corrected chi connectivity index (χ0v) is 11.6. The highest BCUT2D eigenvalue weighted by atomic mass is 35.5. The number of benzene rings is 1. The van der Waals surface area contributed by atoms with E-state index in [0.29, 0.717) is 13.2 Å². The van der Waals surface area contributed by atoms with Crippen LogP contribution in [0.2, 0.25) is 5.02 Å². The Balaban J connectivity index is 2.58. The van der Waals surface area contributed by atoms with Crippen LogP contribution in [-0.2, 0) is 4.74 Å². The van der Waals surface area contributed by atoms with E-state index < -0.39 is 10.8 Å². The maximum atomic E-state index is 11.9. The lowest BCUT2D eigenvalue weighted by molar-refractivity contribution is -0.385. The van der Waals surface area contributed by atoms with Gasteiger partial charge in [0.1, 0.15) is 10.6 Å². The van der Waals surface area contributed by atoms with Crippen LogP contribution in [0.3, 0.4) is 0 Å². The van der Waals surface area contributed by atoms with Gasteiger partial charge in [0, 0.05) is 6.54 Å². The van der Waals surface area contributed by atoms with E-state index in [2.05, 4.69) is 11.9 Å². The van der Waals surface area contributed by atoms with Gasteiger partial charge in [0.05, 0.1) is 18.1 Å². The maximum absolute atomic E-state index is 11.9. The highest BCUT2D eigenvalue weighted by Gasteiger charge is 2.23. The maximum Gasteiger partial charge on any atom is 0.300 e. The third-order valence-corrected chi connectivity index (χ3v) is 2.72. The minimum Gasteiger partial charge on any atom is -0.379 e. The van der Waals surface area contributed by atoms with E-state index in [1.807, 2.05) is 0 Å². The lowest BCUT2D eigenvalue weighted by atomic mass is 10.1. The predicted octanol–water partition coefficient (Wildman–Crippen LogP) is 2.57. The zero-order valence-electron chi connectivity index (χ0n) is 10.8. The molecule has 0 fully saturated rings. The van der Waals surface area contributed by atoms with Crippen LogP contribution in [0, 0.1) is 10.1 Å². The van der Waals surface area contributed by atoms with E-state index in [9.17, 15) is 14.9 Å².